The molecule has 1 aliphatic heterocycles. The lowest BCUT2D eigenvalue weighted by molar-refractivity contribution is 0.0697. The van der Waals surface area contributed by atoms with Crippen molar-refractivity contribution in [3.05, 3.63) is 53.6 Å². The van der Waals surface area contributed by atoms with Crippen molar-refractivity contribution in [2.75, 3.05) is 42.3 Å². The standard InChI is InChI=1S/C21H24N4O4S/c1-16-4-2-5-18(14-16)30(28,29)23-17-6-7-20(19(15-17)21(26)27)25-12-10-24(11-13-25)9-3-8-22/h2,4-7,14-15,23H,3,9-13H2,1H3,(H,26,27). The Kier molecular flexibility index (Phi) is 6.59. The van der Waals surface area contributed by atoms with E-state index < -0.39 is 16.0 Å². The van der Waals surface area contributed by atoms with Crippen molar-refractivity contribution in [2.45, 2.75) is 18.2 Å². The molecule has 0 atom stereocenters. The van der Waals surface area contributed by atoms with E-state index in [4.69, 9.17) is 5.26 Å². The van der Waals surface area contributed by atoms with Gasteiger partial charge in [0.1, 0.15) is 0 Å². The van der Waals surface area contributed by atoms with Crippen LogP contribution in [0.5, 0.6) is 0 Å². The summed E-state index contributed by atoms with van der Waals surface area (Å²) in [6.45, 7) is 5.26. The quantitative estimate of drug-likeness (QED) is 0.696. The van der Waals surface area contributed by atoms with Crippen molar-refractivity contribution in [3.63, 3.8) is 0 Å². The van der Waals surface area contributed by atoms with Crippen molar-refractivity contribution >= 4 is 27.4 Å². The molecule has 0 aliphatic carbocycles. The summed E-state index contributed by atoms with van der Waals surface area (Å²) in [5.74, 6) is -1.12. The minimum absolute atomic E-state index is 0.0462. The molecule has 0 saturated carbocycles. The Hall–Kier alpha value is -3.09. The maximum Gasteiger partial charge on any atom is 0.337 e. The number of hydrogen-bond acceptors (Lipinski definition) is 6. The maximum atomic E-state index is 12.6. The predicted molar refractivity (Wildman–Crippen MR) is 114 cm³/mol. The number of aryl methyl sites for hydroxylation is 1. The normalized spacial score (nSPS) is 14.9. The predicted octanol–water partition coefficient (Wildman–Crippen LogP) is 2.53. The third-order valence-electron chi connectivity index (χ3n) is 5.03. The molecule has 3 rings (SSSR count). The molecule has 2 N–H and O–H groups in total. The molecule has 1 aliphatic rings. The fourth-order valence-electron chi connectivity index (χ4n) is 3.46. The van der Waals surface area contributed by atoms with Crippen molar-refractivity contribution in [1.29, 1.82) is 5.26 Å². The van der Waals surface area contributed by atoms with Crippen LogP contribution in [0.15, 0.2) is 47.4 Å². The van der Waals surface area contributed by atoms with Crippen molar-refractivity contribution in [3.8, 4) is 6.07 Å². The molecule has 0 radical (unpaired) electrons. The second-order valence-corrected chi connectivity index (χ2v) is 8.88. The first kappa shape index (κ1) is 21.6. The number of anilines is 2. The van der Waals surface area contributed by atoms with Crippen LogP contribution < -0.4 is 9.62 Å². The summed E-state index contributed by atoms with van der Waals surface area (Å²) >= 11 is 0. The molecule has 0 unspecified atom stereocenters. The molecule has 0 bridgehead atoms. The van der Waals surface area contributed by atoms with E-state index in [0.29, 0.717) is 31.7 Å². The van der Waals surface area contributed by atoms with Crippen LogP contribution in [0.25, 0.3) is 0 Å². The minimum Gasteiger partial charge on any atom is -0.478 e. The van der Waals surface area contributed by atoms with Gasteiger partial charge in [-0.15, -0.1) is 0 Å². The number of carbonyl (C=O) groups is 1. The summed E-state index contributed by atoms with van der Waals surface area (Å²) in [5.41, 5.74) is 1.62. The van der Waals surface area contributed by atoms with Gasteiger partial charge >= 0.3 is 5.97 Å². The fraction of sp³-hybridized carbons (Fsp3) is 0.333. The van der Waals surface area contributed by atoms with Gasteiger partial charge < -0.3 is 10.0 Å². The number of nitriles is 1. The Morgan fingerprint density at radius 2 is 1.90 bits per heavy atom. The average Bonchev–Trinajstić information content (AvgIpc) is 2.72. The topological polar surface area (TPSA) is 114 Å². The number of carboxylic acids is 1. The number of benzene rings is 2. The smallest absolute Gasteiger partial charge is 0.337 e. The lowest BCUT2D eigenvalue weighted by Crippen LogP contribution is -2.47. The zero-order valence-corrected chi connectivity index (χ0v) is 17.5. The highest BCUT2D eigenvalue weighted by Crippen LogP contribution is 2.27. The molecular formula is C21H24N4O4S. The lowest BCUT2D eigenvalue weighted by atomic mass is 10.1. The summed E-state index contributed by atoms with van der Waals surface area (Å²) in [6.07, 6.45) is 0.468. The third-order valence-corrected chi connectivity index (χ3v) is 6.41. The van der Waals surface area contributed by atoms with Gasteiger partial charge in [-0.2, -0.15) is 5.26 Å². The number of sulfonamides is 1. The van der Waals surface area contributed by atoms with Crippen LogP contribution in [-0.4, -0.2) is 57.1 Å². The van der Waals surface area contributed by atoms with Gasteiger partial charge in [-0.3, -0.25) is 9.62 Å². The molecule has 2 aromatic carbocycles. The maximum absolute atomic E-state index is 12.6. The highest BCUT2D eigenvalue weighted by Gasteiger charge is 2.23. The highest BCUT2D eigenvalue weighted by atomic mass is 32.2. The molecule has 158 valence electrons. The van der Waals surface area contributed by atoms with Gasteiger partial charge in [0, 0.05) is 44.8 Å². The largest absolute Gasteiger partial charge is 0.478 e. The summed E-state index contributed by atoms with van der Waals surface area (Å²) in [5, 5.41) is 18.4. The van der Waals surface area contributed by atoms with Crippen LogP contribution >= 0.6 is 0 Å². The summed E-state index contributed by atoms with van der Waals surface area (Å²) < 4.78 is 27.8. The zero-order chi connectivity index (χ0) is 21.7. The van der Waals surface area contributed by atoms with Gasteiger partial charge in [0.05, 0.1) is 22.2 Å². The number of hydrogen-bond donors (Lipinski definition) is 2. The van der Waals surface area contributed by atoms with Gasteiger partial charge in [0.25, 0.3) is 10.0 Å². The molecule has 0 aromatic heterocycles. The highest BCUT2D eigenvalue weighted by molar-refractivity contribution is 7.92. The monoisotopic (exact) mass is 428 g/mol. The summed E-state index contributed by atoms with van der Waals surface area (Å²) in [6, 6.07) is 13.2. The molecule has 0 spiro atoms. The number of carboxylic acid groups (broad SMARTS) is 1. The second kappa shape index (κ2) is 9.15. The minimum atomic E-state index is -3.82. The SMILES string of the molecule is Cc1cccc(S(=O)(=O)Nc2ccc(N3CCN(CCC#N)CC3)c(C(=O)O)c2)c1. The van der Waals surface area contributed by atoms with Crippen LogP contribution in [0.1, 0.15) is 22.3 Å². The van der Waals surface area contributed by atoms with E-state index in [1.54, 1.807) is 37.3 Å². The van der Waals surface area contributed by atoms with E-state index in [2.05, 4.69) is 15.7 Å². The second-order valence-electron chi connectivity index (χ2n) is 7.20. The molecule has 1 heterocycles. The molecule has 9 heteroatoms. The van der Waals surface area contributed by atoms with Gasteiger partial charge in [0.15, 0.2) is 0 Å². The summed E-state index contributed by atoms with van der Waals surface area (Å²) in [7, 11) is -3.82. The first-order valence-corrected chi connectivity index (χ1v) is 11.1. The zero-order valence-electron chi connectivity index (χ0n) is 16.7. The van der Waals surface area contributed by atoms with Crippen molar-refractivity contribution in [1.82, 2.24) is 4.90 Å². The lowest BCUT2D eigenvalue weighted by Gasteiger charge is -2.36. The van der Waals surface area contributed by atoms with Gasteiger partial charge in [-0.25, -0.2) is 13.2 Å². The van der Waals surface area contributed by atoms with E-state index in [1.807, 2.05) is 4.90 Å². The van der Waals surface area contributed by atoms with Gasteiger partial charge in [-0.1, -0.05) is 12.1 Å². The van der Waals surface area contributed by atoms with Gasteiger partial charge in [-0.05, 0) is 42.8 Å². The van der Waals surface area contributed by atoms with Gasteiger partial charge in [0.2, 0.25) is 0 Å². The Balaban J connectivity index is 1.79. The van der Waals surface area contributed by atoms with Crippen molar-refractivity contribution in [2.24, 2.45) is 0 Å². The third kappa shape index (κ3) is 5.09. The first-order chi connectivity index (χ1) is 14.3. The Labute approximate surface area is 176 Å². The molecular weight excluding hydrogens is 404 g/mol. The number of rotatable bonds is 7. The van der Waals surface area contributed by atoms with E-state index >= 15 is 0 Å². The first-order valence-electron chi connectivity index (χ1n) is 9.61. The average molecular weight is 429 g/mol. The molecule has 30 heavy (non-hydrogen) atoms. The fourth-order valence-corrected chi connectivity index (χ4v) is 4.62. The van der Waals surface area contributed by atoms with E-state index in [0.717, 1.165) is 18.7 Å². The Morgan fingerprint density at radius 3 is 2.53 bits per heavy atom. The van der Waals surface area contributed by atoms with E-state index in [-0.39, 0.29) is 16.1 Å². The molecule has 2 aromatic rings. The Bertz CT molecular complexity index is 1070. The van der Waals surface area contributed by atoms with Crippen LogP contribution in [0.2, 0.25) is 0 Å². The van der Waals surface area contributed by atoms with Crippen LogP contribution in [-0.2, 0) is 10.0 Å². The molecule has 1 fully saturated rings. The van der Waals surface area contributed by atoms with E-state index in [9.17, 15) is 18.3 Å². The van der Waals surface area contributed by atoms with Crippen LogP contribution in [0.4, 0.5) is 11.4 Å². The van der Waals surface area contributed by atoms with Crippen LogP contribution in [0.3, 0.4) is 0 Å². The molecule has 0 amide bonds. The molecule has 8 nitrogen and oxygen atoms in total. The number of nitrogens with one attached hydrogen (secondary N) is 1. The number of piperazine rings is 1. The number of nitrogens with zero attached hydrogens (tertiary/aromatic N) is 3. The van der Waals surface area contributed by atoms with E-state index in [1.165, 1.54) is 12.1 Å². The summed E-state index contributed by atoms with van der Waals surface area (Å²) in [4.78, 5) is 16.1. The molecule has 1 saturated heterocycles. The Morgan fingerprint density at radius 1 is 1.17 bits per heavy atom. The number of aromatic carboxylic acids is 1. The van der Waals surface area contributed by atoms with Crippen molar-refractivity contribution < 1.29 is 18.3 Å². The van der Waals surface area contributed by atoms with Crippen LogP contribution in [0, 0.1) is 18.3 Å².